The lowest BCUT2D eigenvalue weighted by Gasteiger charge is -2.39. The zero-order valence-electron chi connectivity index (χ0n) is 12.2. The largest absolute Gasteiger partial charge is 0.508 e. The van der Waals surface area contributed by atoms with E-state index < -0.39 is 0 Å². The van der Waals surface area contributed by atoms with E-state index in [0.717, 1.165) is 30.9 Å². The highest BCUT2D eigenvalue weighted by Crippen LogP contribution is 2.30. The van der Waals surface area contributed by atoms with Gasteiger partial charge in [-0.2, -0.15) is 0 Å². The molecule has 1 fully saturated rings. The minimum Gasteiger partial charge on any atom is -0.508 e. The van der Waals surface area contributed by atoms with Gasteiger partial charge in [0.05, 0.1) is 12.2 Å². The molecule has 2 N–H and O–H groups in total. The van der Waals surface area contributed by atoms with E-state index in [2.05, 4.69) is 30.1 Å². The number of nitrogens with one attached hydrogen (secondary N) is 1. The minimum atomic E-state index is -0.134. The van der Waals surface area contributed by atoms with Crippen LogP contribution in [0.1, 0.15) is 32.4 Å². The van der Waals surface area contributed by atoms with E-state index in [0.29, 0.717) is 5.75 Å². The van der Waals surface area contributed by atoms with Crippen LogP contribution in [0, 0.1) is 0 Å². The van der Waals surface area contributed by atoms with Gasteiger partial charge in [-0.05, 0) is 33.9 Å². The fourth-order valence-electron chi connectivity index (χ4n) is 2.49. The highest BCUT2D eigenvalue weighted by atomic mass is 16.5. The Kier molecular flexibility index (Phi) is 4.02. The Morgan fingerprint density at radius 2 is 2.16 bits per heavy atom. The molecule has 0 aliphatic carbocycles. The number of morpholine rings is 1. The number of phenolic OH excluding ortho intramolecular Hbond substituents is 1. The topological polar surface area (TPSA) is 44.7 Å². The molecule has 0 bridgehead atoms. The van der Waals surface area contributed by atoms with Gasteiger partial charge in [0.2, 0.25) is 0 Å². The second kappa shape index (κ2) is 5.39. The molecule has 2 rings (SSSR count). The van der Waals surface area contributed by atoms with E-state index in [1.165, 1.54) is 0 Å². The van der Waals surface area contributed by atoms with Crippen LogP contribution in [0.25, 0.3) is 0 Å². The molecule has 0 aromatic heterocycles. The Bertz CT molecular complexity index is 446. The third-order valence-electron chi connectivity index (χ3n) is 3.70. The summed E-state index contributed by atoms with van der Waals surface area (Å²) in [6, 6.07) is 6.07. The first-order valence-corrected chi connectivity index (χ1v) is 6.82. The molecule has 4 nitrogen and oxygen atoms in total. The number of hydrogen-bond acceptors (Lipinski definition) is 4. The van der Waals surface area contributed by atoms with Crippen molar-refractivity contribution in [1.82, 2.24) is 5.32 Å². The van der Waals surface area contributed by atoms with Crippen LogP contribution in [0.4, 0.5) is 5.69 Å². The van der Waals surface area contributed by atoms with Crippen molar-refractivity contribution in [2.75, 3.05) is 31.6 Å². The summed E-state index contributed by atoms with van der Waals surface area (Å²) in [5.74, 6) is 0.351. The van der Waals surface area contributed by atoms with Crippen LogP contribution in [0.3, 0.4) is 0 Å². The standard InChI is InChI=1S/C15H24N2O2/c1-11(16-4)13-6-5-12(9-14(13)18)17-7-8-19-15(2,3)10-17/h5-6,9,11,16,18H,7-8,10H2,1-4H3. The summed E-state index contributed by atoms with van der Waals surface area (Å²) in [4.78, 5) is 2.26. The van der Waals surface area contributed by atoms with Crippen molar-refractivity contribution < 1.29 is 9.84 Å². The van der Waals surface area contributed by atoms with Crippen LogP contribution >= 0.6 is 0 Å². The molecule has 4 heteroatoms. The Morgan fingerprint density at radius 1 is 1.42 bits per heavy atom. The summed E-state index contributed by atoms with van der Waals surface area (Å²) in [7, 11) is 1.89. The second-order valence-electron chi connectivity index (χ2n) is 5.78. The van der Waals surface area contributed by atoms with E-state index in [4.69, 9.17) is 4.74 Å². The van der Waals surface area contributed by atoms with Crippen molar-refractivity contribution in [3.05, 3.63) is 23.8 Å². The Hall–Kier alpha value is -1.26. The lowest BCUT2D eigenvalue weighted by molar-refractivity contribution is -0.0277. The van der Waals surface area contributed by atoms with Gasteiger partial charge in [0.25, 0.3) is 0 Å². The molecule has 0 radical (unpaired) electrons. The molecular weight excluding hydrogens is 240 g/mol. The number of rotatable bonds is 3. The predicted molar refractivity (Wildman–Crippen MR) is 77.8 cm³/mol. The van der Waals surface area contributed by atoms with Crippen LogP contribution in [-0.4, -0.2) is 37.5 Å². The summed E-state index contributed by atoms with van der Waals surface area (Å²) in [6.45, 7) is 8.65. The molecule has 0 saturated carbocycles. The maximum Gasteiger partial charge on any atom is 0.122 e. The lowest BCUT2D eigenvalue weighted by Crippen LogP contribution is -2.48. The number of aromatic hydroxyl groups is 1. The van der Waals surface area contributed by atoms with Crippen molar-refractivity contribution in [2.24, 2.45) is 0 Å². The Balaban J connectivity index is 2.20. The number of phenols is 1. The van der Waals surface area contributed by atoms with Crippen molar-refractivity contribution in [3.8, 4) is 5.75 Å². The van der Waals surface area contributed by atoms with Gasteiger partial charge in [-0.25, -0.2) is 0 Å². The number of nitrogens with zero attached hydrogens (tertiary/aromatic N) is 1. The number of anilines is 1. The molecule has 1 saturated heterocycles. The number of hydrogen-bond donors (Lipinski definition) is 2. The van der Waals surface area contributed by atoms with Crippen molar-refractivity contribution in [2.45, 2.75) is 32.4 Å². The molecule has 106 valence electrons. The van der Waals surface area contributed by atoms with E-state index in [-0.39, 0.29) is 11.6 Å². The van der Waals surface area contributed by atoms with E-state index in [9.17, 15) is 5.11 Å². The van der Waals surface area contributed by atoms with Crippen molar-refractivity contribution in [3.63, 3.8) is 0 Å². The summed E-state index contributed by atoms with van der Waals surface area (Å²) in [6.07, 6.45) is 0. The van der Waals surface area contributed by atoms with Gasteiger partial charge in [-0.15, -0.1) is 0 Å². The summed E-state index contributed by atoms with van der Waals surface area (Å²) < 4.78 is 5.71. The number of benzene rings is 1. The fraction of sp³-hybridized carbons (Fsp3) is 0.600. The Morgan fingerprint density at radius 3 is 2.74 bits per heavy atom. The van der Waals surface area contributed by atoms with Gasteiger partial charge >= 0.3 is 0 Å². The predicted octanol–water partition coefficient (Wildman–Crippen LogP) is 2.29. The third-order valence-corrected chi connectivity index (χ3v) is 3.70. The maximum absolute atomic E-state index is 10.2. The first kappa shape index (κ1) is 14.2. The van der Waals surface area contributed by atoms with Crippen LogP contribution in [0.5, 0.6) is 5.75 Å². The van der Waals surface area contributed by atoms with E-state index in [1.54, 1.807) is 0 Å². The van der Waals surface area contributed by atoms with Gasteiger partial charge < -0.3 is 20.1 Å². The molecule has 1 aromatic rings. The first-order valence-electron chi connectivity index (χ1n) is 6.82. The normalized spacial score (nSPS) is 20.3. The zero-order valence-corrected chi connectivity index (χ0v) is 12.2. The van der Waals surface area contributed by atoms with Gasteiger partial charge in [0, 0.05) is 36.4 Å². The lowest BCUT2D eigenvalue weighted by atomic mass is 10.0. The fourth-order valence-corrected chi connectivity index (χ4v) is 2.49. The molecule has 0 amide bonds. The molecule has 1 aliphatic rings. The van der Waals surface area contributed by atoms with E-state index >= 15 is 0 Å². The van der Waals surface area contributed by atoms with Gasteiger partial charge in [-0.1, -0.05) is 6.07 Å². The third kappa shape index (κ3) is 3.19. The Labute approximate surface area is 115 Å². The summed E-state index contributed by atoms with van der Waals surface area (Å²) in [5.41, 5.74) is 1.85. The van der Waals surface area contributed by atoms with Gasteiger partial charge in [0.1, 0.15) is 5.75 Å². The monoisotopic (exact) mass is 264 g/mol. The molecule has 0 spiro atoms. The molecule has 19 heavy (non-hydrogen) atoms. The SMILES string of the molecule is CNC(C)c1ccc(N2CCOC(C)(C)C2)cc1O. The van der Waals surface area contributed by atoms with Crippen LogP contribution in [0.2, 0.25) is 0 Å². The molecule has 1 aliphatic heterocycles. The van der Waals surface area contributed by atoms with Gasteiger partial charge in [-0.3, -0.25) is 0 Å². The average Bonchev–Trinajstić information content (AvgIpc) is 2.36. The molecule has 1 heterocycles. The van der Waals surface area contributed by atoms with Crippen LogP contribution in [0.15, 0.2) is 18.2 Å². The van der Waals surface area contributed by atoms with Crippen molar-refractivity contribution >= 4 is 5.69 Å². The van der Waals surface area contributed by atoms with E-state index in [1.807, 2.05) is 26.1 Å². The van der Waals surface area contributed by atoms with Gasteiger partial charge in [0.15, 0.2) is 0 Å². The van der Waals surface area contributed by atoms with Crippen LogP contribution < -0.4 is 10.2 Å². The highest BCUT2D eigenvalue weighted by Gasteiger charge is 2.27. The smallest absolute Gasteiger partial charge is 0.122 e. The molecule has 1 aromatic carbocycles. The summed E-state index contributed by atoms with van der Waals surface area (Å²) in [5, 5.41) is 13.3. The molecule has 1 unspecified atom stereocenters. The van der Waals surface area contributed by atoms with Crippen molar-refractivity contribution in [1.29, 1.82) is 0 Å². The quantitative estimate of drug-likeness (QED) is 0.879. The summed E-state index contributed by atoms with van der Waals surface area (Å²) >= 11 is 0. The zero-order chi connectivity index (χ0) is 14.0. The molecule has 1 atom stereocenters. The maximum atomic E-state index is 10.2. The minimum absolute atomic E-state index is 0.134. The van der Waals surface area contributed by atoms with Crippen LogP contribution in [-0.2, 0) is 4.74 Å². The first-order chi connectivity index (χ1) is 8.93. The number of ether oxygens (including phenoxy) is 1. The highest BCUT2D eigenvalue weighted by molar-refractivity contribution is 5.54. The average molecular weight is 264 g/mol. The second-order valence-corrected chi connectivity index (χ2v) is 5.78. The molecular formula is C15H24N2O2.